The molecule has 0 bridgehead atoms. The summed E-state index contributed by atoms with van der Waals surface area (Å²) < 4.78 is 17.3. The number of carboxylic acid groups (broad SMARTS) is 1. The van der Waals surface area contributed by atoms with Crippen LogP contribution in [0.5, 0.6) is 0 Å². The molecular weight excluding hydrogens is 787 g/mol. The average molecular weight is 892 g/mol. The second-order valence-electron chi connectivity index (χ2n) is 19.8. The third-order valence-electron chi connectivity index (χ3n) is 12.7. The van der Waals surface area contributed by atoms with Gasteiger partial charge in [0.2, 0.25) is 0 Å². The Morgan fingerprint density at radius 1 is 0.460 bits per heavy atom. The highest BCUT2D eigenvalue weighted by molar-refractivity contribution is 5.70. The number of carboxylic acids is 1. The first-order valence-electron chi connectivity index (χ1n) is 27.2. The van der Waals surface area contributed by atoms with Crippen molar-refractivity contribution in [2.75, 3.05) is 41.0 Å². The number of aliphatic carboxylic acids is 1. The number of unbranched alkanes of at least 4 members (excludes halogenated alkanes) is 34. The fraction of sp³-hybridized carbons (Fsp3) is 0.909. The van der Waals surface area contributed by atoms with Crippen LogP contribution in [0.25, 0.3) is 0 Å². The standard InChI is InChI=1S/C55H105NO7/c1-6-8-10-12-14-16-18-20-22-24-26-28-29-31-33-35-37-39-41-43-45-53(57)62-50-51(49-61-48-47-52(55(59)60)56(3,4)5)63-54(58)46-44-42-40-38-36-34-32-30-27-25-23-21-19-17-15-13-11-9-7-2/h21,23,51-52H,6-20,22,24-50H2,1-5H3/b23-21-. The number of hydrogen-bond acceptors (Lipinski definition) is 7. The summed E-state index contributed by atoms with van der Waals surface area (Å²) in [5.74, 6) is -1.71. The van der Waals surface area contributed by atoms with Gasteiger partial charge in [-0.3, -0.25) is 9.59 Å². The van der Waals surface area contributed by atoms with Crippen LogP contribution < -0.4 is 5.11 Å². The molecule has 0 spiro atoms. The minimum absolute atomic E-state index is 0.0463. The van der Waals surface area contributed by atoms with Crippen LogP contribution >= 0.6 is 0 Å². The van der Waals surface area contributed by atoms with E-state index in [4.69, 9.17) is 14.2 Å². The van der Waals surface area contributed by atoms with Gasteiger partial charge in [0.1, 0.15) is 12.6 Å². The lowest BCUT2D eigenvalue weighted by molar-refractivity contribution is -0.889. The van der Waals surface area contributed by atoms with Crippen LogP contribution in [0.2, 0.25) is 0 Å². The van der Waals surface area contributed by atoms with Crippen LogP contribution in [0.15, 0.2) is 12.2 Å². The summed E-state index contributed by atoms with van der Waals surface area (Å²) >= 11 is 0. The number of likely N-dealkylation sites (N-methyl/N-ethyl adjacent to an activating group) is 1. The van der Waals surface area contributed by atoms with E-state index in [1.165, 1.54) is 199 Å². The topological polar surface area (TPSA) is 102 Å². The predicted molar refractivity (Wildman–Crippen MR) is 264 cm³/mol. The molecule has 0 N–H and O–H groups in total. The summed E-state index contributed by atoms with van der Waals surface area (Å²) in [5, 5.41) is 11.7. The number of carbonyl (C=O) groups is 3. The van der Waals surface area contributed by atoms with E-state index in [2.05, 4.69) is 26.0 Å². The summed E-state index contributed by atoms with van der Waals surface area (Å²) in [6, 6.07) is -0.723. The van der Waals surface area contributed by atoms with Gasteiger partial charge in [0.05, 0.1) is 40.3 Å². The highest BCUT2D eigenvalue weighted by Gasteiger charge is 2.25. The lowest BCUT2D eigenvalue weighted by Crippen LogP contribution is -2.55. The van der Waals surface area contributed by atoms with Gasteiger partial charge in [-0.25, -0.2) is 0 Å². The van der Waals surface area contributed by atoms with Crippen LogP contribution in [-0.2, 0) is 28.6 Å². The van der Waals surface area contributed by atoms with E-state index in [0.717, 1.165) is 38.5 Å². The largest absolute Gasteiger partial charge is 0.544 e. The maximum absolute atomic E-state index is 12.8. The number of carbonyl (C=O) groups excluding carboxylic acids is 3. The second kappa shape index (κ2) is 46.6. The van der Waals surface area contributed by atoms with Crippen LogP contribution in [0.4, 0.5) is 0 Å². The van der Waals surface area contributed by atoms with Crippen LogP contribution in [0, 0.1) is 0 Å². The molecule has 0 amide bonds. The molecule has 0 saturated carbocycles. The zero-order valence-corrected chi connectivity index (χ0v) is 42.5. The van der Waals surface area contributed by atoms with Crippen molar-refractivity contribution in [2.24, 2.45) is 0 Å². The van der Waals surface area contributed by atoms with Gasteiger partial charge in [-0.05, 0) is 38.5 Å². The Labute approximate surface area is 390 Å². The van der Waals surface area contributed by atoms with Gasteiger partial charge in [-0.15, -0.1) is 0 Å². The third kappa shape index (κ3) is 45.0. The third-order valence-corrected chi connectivity index (χ3v) is 12.7. The quantitative estimate of drug-likeness (QED) is 0.0259. The van der Waals surface area contributed by atoms with Crippen molar-refractivity contribution in [3.8, 4) is 0 Å². The van der Waals surface area contributed by atoms with Crippen LogP contribution in [0.3, 0.4) is 0 Å². The van der Waals surface area contributed by atoms with E-state index in [0.29, 0.717) is 12.8 Å². The highest BCUT2D eigenvalue weighted by atomic mass is 16.6. The summed E-state index contributed by atoms with van der Waals surface area (Å²) in [6.07, 6.45) is 52.4. The Bertz CT molecular complexity index is 1040. The first-order valence-corrected chi connectivity index (χ1v) is 27.2. The average Bonchev–Trinajstić information content (AvgIpc) is 3.24. The van der Waals surface area contributed by atoms with Crippen molar-refractivity contribution < 1.29 is 38.2 Å². The number of allylic oxidation sites excluding steroid dienone is 2. The monoisotopic (exact) mass is 892 g/mol. The number of nitrogens with zero attached hydrogens (tertiary/aromatic N) is 1. The molecule has 8 nitrogen and oxygen atoms in total. The summed E-state index contributed by atoms with van der Waals surface area (Å²) in [6.45, 7) is 4.71. The lowest BCUT2D eigenvalue weighted by Gasteiger charge is -2.34. The molecule has 63 heavy (non-hydrogen) atoms. The smallest absolute Gasteiger partial charge is 0.306 e. The lowest BCUT2D eigenvalue weighted by atomic mass is 10.0. The number of esters is 2. The molecule has 0 heterocycles. The zero-order valence-electron chi connectivity index (χ0n) is 42.5. The van der Waals surface area contributed by atoms with Crippen molar-refractivity contribution in [3.05, 3.63) is 12.2 Å². The Morgan fingerprint density at radius 3 is 1.14 bits per heavy atom. The van der Waals surface area contributed by atoms with Crippen molar-refractivity contribution in [2.45, 2.75) is 283 Å². The molecular formula is C55H105NO7. The van der Waals surface area contributed by atoms with Gasteiger partial charge < -0.3 is 28.6 Å². The first-order chi connectivity index (χ1) is 30.6. The number of ether oxygens (including phenoxy) is 3. The van der Waals surface area contributed by atoms with Gasteiger partial charge in [0.15, 0.2) is 6.10 Å². The molecule has 0 aromatic heterocycles. The van der Waals surface area contributed by atoms with Gasteiger partial charge >= 0.3 is 11.9 Å². The molecule has 0 aromatic rings. The van der Waals surface area contributed by atoms with E-state index in [1.54, 1.807) is 0 Å². The maximum Gasteiger partial charge on any atom is 0.306 e. The fourth-order valence-electron chi connectivity index (χ4n) is 8.42. The molecule has 0 radical (unpaired) electrons. The van der Waals surface area contributed by atoms with Gasteiger partial charge in [0.25, 0.3) is 0 Å². The molecule has 0 fully saturated rings. The molecule has 0 aromatic carbocycles. The molecule has 0 rings (SSSR count). The zero-order chi connectivity index (χ0) is 46.3. The summed E-state index contributed by atoms with van der Waals surface area (Å²) in [5.41, 5.74) is 0. The minimum atomic E-state index is -1.12. The molecule has 0 aliphatic carbocycles. The molecule has 0 aliphatic heterocycles. The van der Waals surface area contributed by atoms with Crippen molar-refractivity contribution in [1.82, 2.24) is 0 Å². The molecule has 0 saturated heterocycles. The number of quaternary nitrogens is 1. The normalized spacial score (nSPS) is 12.8. The van der Waals surface area contributed by atoms with Crippen LogP contribution in [0.1, 0.15) is 271 Å². The second-order valence-corrected chi connectivity index (χ2v) is 19.8. The summed E-state index contributed by atoms with van der Waals surface area (Å²) in [7, 11) is 5.43. The van der Waals surface area contributed by atoms with E-state index < -0.39 is 18.1 Å². The van der Waals surface area contributed by atoms with Crippen molar-refractivity contribution >= 4 is 17.9 Å². The molecule has 8 heteroatoms. The first kappa shape index (κ1) is 61.1. The van der Waals surface area contributed by atoms with E-state index >= 15 is 0 Å². The van der Waals surface area contributed by atoms with Gasteiger partial charge in [-0.2, -0.15) is 0 Å². The minimum Gasteiger partial charge on any atom is -0.544 e. The van der Waals surface area contributed by atoms with Gasteiger partial charge in [0, 0.05) is 19.3 Å². The number of rotatable bonds is 50. The van der Waals surface area contributed by atoms with E-state index in [9.17, 15) is 19.5 Å². The Hall–Kier alpha value is -1.93. The number of hydrogen-bond donors (Lipinski definition) is 0. The Kier molecular flexibility index (Phi) is 45.2. The molecule has 2 unspecified atom stereocenters. The highest BCUT2D eigenvalue weighted by Crippen LogP contribution is 2.17. The molecule has 372 valence electrons. The van der Waals surface area contributed by atoms with Crippen LogP contribution in [-0.4, -0.2) is 75.5 Å². The van der Waals surface area contributed by atoms with Crippen molar-refractivity contribution in [1.29, 1.82) is 0 Å². The predicted octanol–water partition coefficient (Wildman–Crippen LogP) is 14.5. The Morgan fingerprint density at radius 2 is 0.794 bits per heavy atom. The Balaban J connectivity index is 4.17. The fourth-order valence-corrected chi connectivity index (χ4v) is 8.42. The molecule has 2 atom stereocenters. The van der Waals surface area contributed by atoms with Crippen molar-refractivity contribution in [3.63, 3.8) is 0 Å². The molecule has 0 aliphatic rings. The summed E-state index contributed by atoms with van der Waals surface area (Å²) in [4.78, 5) is 37.1. The maximum atomic E-state index is 12.8. The SMILES string of the molecule is CCCCCCCC/C=C\CCCCCCCCCCCC(=O)OC(COCCC(C(=O)[O-])[N+](C)(C)C)COC(=O)CCCCCCCCCCCCCCCCCCCCCC. The van der Waals surface area contributed by atoms with Gasteiger partial charge in [-0.1, -0.05) is 225 Å². The van der Waals surface area contributed by atoms with E-state index in [-0.39, 0.29) is 42.7 Å². The van der Waals surface area contributed by atoms with E-state index in [1.807, 2.05) is 21.1 Å².